The van der Waals surface area contributed by atoms with E-state index in [1.807, 2.05) is 0 Å². The fraction of sp³-hybridized carbons (Fsp3) is 0.0769. The van der Waals surface area contributed by atoms with Crippen molar-refractivity contribution >= 4 is 29.0 Å². The van der Waals surface area contributed by atoms with Crippen LogP contribution >= 0.6 is 11.6 Å². The van der Waals surface area contributed by atoms with Crippen molar-refractivity contribution in [3.8, 4) is 22.9 Å². The molecule has 0 bridgehead atoms. The highest BCUT2D eigenvalue weighted by Gasteiger charge is 2.21. The molecule has 0 fully saturated rings. The van der Waals surface area contributed by atoms with E-state index in [1.54, 1.807) is 6.92 Å². The largest absolute Gasteiger partial charge is 0.493 e. The molecular formula is C26H20ClF2N4O4. The van der Waals surface area contributed by atoms with Crippen molar-refractivity contribution < 1.29 is 23.0 Å². The molecule has 0 aliphatic carbocycles. The molecule has 11 heteroatoms. The van der Waals surface area contributed by atoms with Gasteiger partial charge in [0.15, 0.2) is 17.3 Å². The zero-order valence-corrected chi connectivity index (χ0v) is 20.2. The molecule has 2 aromatic carbocycles. The van der Waals surface area contributed by atoms with Gasteiger partial charge in [-0.3, -0.25) is 14.2 Å². The first kappa shape index (κ1) is 25.6. The number of nitrogens with one attached hydrogen (secondary N) is 1. The molecule has 0 atom stereocenters. The summed E-state index contributed by atoms with van der Waals surface area (Å²) in [6, 6.07) is 10.4. The number of pyridine rings is 2. The number of anilines is 2. The molecule has 0 aliphatic rings. The van der Waals surface area contributed by atoms with E-state index in [1.165, 1.54) is 54.9 Å². The van der Waals surface area contributed by atoms with Crippen LogP contribution < -0.4 is 26.1 Å². The summed E-state index contributed by atoms with van der Waals surface area (Å²) < 4.78 is 40.5. The van der Waals surface area contributed by atoms with Crippen molar-refractivity contribution in [2.24, 2.45) is 0 Å². The van der Waals surface area contributed by atoms with E-state index < -0.39 is 23.1 Å². The van der Waals surface area contributed by atoms with Crippen LogP contribution in [0.4, 0.5) is 20.3 Å². The van der Waals surface area contributed by atoms with E-state index in [2.05, 4.69) is 17.2 Å². The zero-order chi connectivity index (χ0) is 26.7. The molecule has 1 amide bonds. The Labute approximate surface area is 215 Å². The lowest BCUT2D eigenvalue weighted by atomic mass is 10.1. The van der Waals surface area contributed by atoms with Crippen molar-refractivity contribution in [1.82, 2.24) is 9.55 Å². The first-order valence-corrected chi connectivity index (χ1v) is 11.3. The van der Waals surface area contributed by atoms with Crippen molar-refractivity contribution in [1.29, 1.82) is 0 Å². The summed E-state index contributed by atoms with van der Waals surface area (Å²) in [6.45, 7) is 5.47. The normalized spacial score (nSPS) is 10.7. The van der Waals surface area contributed by atoms with Crippen LogP contribution in [0.25, 0.3) is 5.69 Å². The third kappa shape index (κ3) is 5.39. The molecule has 3 N–H and O–H groups in total. The van der Waals surface area contributed by atoms with E-state index in [0.29, 0.717) is 5.69 Å². The Hall–Kier alpha value is -4.44. The van der Waals surface area contributed by atoms with Gasteiger partial charge < -0.3 is 20.5 Å². The molecule has 189 valence electrons. The monoisotopic (exact) mass is 525 g/mol. The van der Waals surface area contributed by atoms with Gasteiger partial charge in [-0.25, -0.2) is 13.8 Å². The number of amides is 1. The van der Waals surface area contributed by atoms with Gasteiger partial charge in [-0.2, -0.15) is 0 Å². The average Bonchev–Trinajstić information content (AvgIpc) is 2.85. The number of nitrogens with two attached hydrogens (primary N) is 1. The molecule has 37 heavy (non-hydrogen) atoms. The van der Waals surface area contributed by atoms with Crippen molar-refractivity contribution in [3.63, 3.8) is 0 Å². The predicted octanol–water partition coefficient (Wildman–Crippen LogP) is 5.37. The maximum Gasteiger partial charge on any atom is 0.271 e. The van der Waals surface area contributed by atoms with Gasteiger partial charge >= 0.3 is 0 Å². The number of aromatic nitrogens is 2. The minimum Gasteiger partial charge on any atom is -0.493 e. The lowest BCUT2D eigenvalue weighted by Crippen LogP contribution is -2.29. The third-order valence-electron chi connectivity index (χ3n) is 5.18. The van der Waals surface area contributed by atoms with Crippen LogP contribution in [0.3, 0.4) is 0 Å². The Balaban J connectivity index is 1.64. The molecule has 0 saturated heterocycles. The van der Waals surface area contributed by atoms with E-state index in [4.69, 9.17) is 26.8 Å². The molecule has 0 aliphatic heterocycles. The highest BCUT2D eigenvalue weighted by Crippen LogP contribution is 2.34. The highest BCUT2D eigenvalue weighted by atomic mass is 35.5. The molecule has 2 heterocycles. The number of halogens is 3. The summed E-state index contributed by atoms with van der Waals surface area (Å²) in [7, 11) is 0. The third-order valence-corrected chi connectivity index (χ3v) is 5.56. The number of benzene rings is 2. The van der Waals surface area contributed by atoms with Crippen LogP contribution in [-0.2, 0) is 0 Å². The Morgan fingerprint density at radius 3 is 2.59 bits per heavy atom. The van der Waals surface area contributed by atoms with Gasteiger partial charge in [-0.15, -0.1) is 0 Å². The quantitative estimate of drug-likeness (QED) is 0.336. The van der Waals surface area contributed by atoms with E-state index in [9.17, 15) is 18.4 Å². The lowest BCUT2D eigenvalue weighted by molar-refractivity contribution is 0.102. The molecule has 2 aromatic heterocycles. The summed E-state index contributed by atoms with van der Waals surface area (Å²) in [4.78, 5) is 30.2. The maximum absolute atomic E-state index is 14.8. The fourth-order valence-electron chi connectivity index (χ4n) is 3.41. The molecule has 4 aromatic rings. The molecular weight excluding hydrogens is 506 g/mol. The number of hydrogen-bond acceptors (Lipinski definition) is 6. The number of rotatable bonds is 7. The first-order valence-electron chi connectivity index (χ1n) is 10.9. The summed E-state index contributed by atoms with van der Waals surface area (Å²) >= 11 is 6.03. The van der Waals surface area contributed by atoms with Crippen molar-refractivity contribution in [2.45, 2.75) is 6.92 Å². The van der Waals surface area contributed by atoms with Crippen LogP contribution in [0.5, 0.6) is 17.2 Å². The van der Waals surface area contributed by atoms with E-state index in [0.717, 1.165) is 10.6 Å². The number of carbonyl (C=O) groups excluding carboxylic acids is 1. The fourth-order valence-corrected chi connectivity index (χ4v) is 3.56. The Morgan fingerprint density at radius 2 is 1.89 bits per heavy atom. The first-order chi connectivity index (χ1) is 17.7. The number of nitrogens with zero attached hydrogens (tertiary/aromatic N) is 2. The minimum atomic E-state index is -0.835. The number of carbonyl (C=O) groups is 1. The van der Waals surface area contributed by atoms with Gasteiger partial charge in [0.2, 0.25) is 0 Å². The maximum atomic E-state index is 14.8. The molecule has 0 unspecified atom stereocenters. The zero-order valence-electron chi connectivity index (χ0n) is 19.4. The SMILES string of the molecule is [CH2]c1cc(-n2ccc(OCC)c(C(=O)Nc3ccc(Oc4ccnc(N)c4Cl)c(F)c3)c2=O)ccc1F. The van der Waals surface area contributed by atoms with Gasteiger partial charge in [0, 0.05) is 35.9 Å². The molecule has 0 saturated carbocycles. The second-order valence-corrected chi connectivity index (χ2v) is 8.03. The van der Waals surface area contributed by atoms with Crippen LogP contribution in [-0.4, -0.2) is 22.1 Å². The summed E-state index contributed by atoms with van der Waals surface area (Å²) in [6.07, 6.45) is 2.76. The van der Waals surface area contributed by atoms with Crippen LogP contribution in [0.2, 0.25) is 5.02 Å². The number of ether oxygens (including phenoxy) is 2. The molecule has 1 radical (unpaired) electrons. The lowest BCUT2D eigenvalue weighted by Gasteiger charge is -2.14. The summed E-state index contributed by atoms with van der Waals surface area (Å²) in [5.74, 6) is -2.21. The summed E-state index contributed by atoms with van der Waals surface area (Å²) in [5, 5.41) is 2.52. The van der Waals surface area contributed by atoms with E-state index in [-0.39, 0.29) is 51.5 Å². The molecule has 4 rings (SSSR count). The van der Waals surface area contributed by atoms with Gasteiger partial charge in [-0.05, 0) is 55.8 Å². The van der Waals surface area contributed by atoms with Crippen LogP contribution in [0.15, 0.2) is 65.7 Å². The predicted molar refractivity (Wildman–Crippen MR) is 136 cm³/mol. The van der Waals surface area contributed by atoms with Crippen molar-refractivity contribution in [2.75, 3.05) is 17.7 Å². The molecule has 0 spiro atoms. The standard InChI is InChI=1S/C26H20ClF2N4O4/c1-3-36-20-9-11-33(16-5-6-17(28)14(2)12-16)26(35)22(20)25(34)32-15-4-7-19(18(29)13-15)37-21-8-10-31-24(30)23(21)27/h4-13H,2-3H2,1H3,(H2,30,31)(H,32,34). The Morgan fingerprint density at radius 1 is 1.11 bits per heavy atom. The van der Waals surface area contributed by atoms with E-state index >= 15 is 0 Å². The minimum absolute atomic E-state index is 0.0224. The number of hydrogen-bond donors (Lipinski definition) is 2. The number of nitrogen functional groups attached to an aromatic ring is 1. The van der Waals surface area contributed by atoms with Crippen molar-refractivity contribution in [3.05, 3.63) is 106 Å². The average molecular weight is 526 g/mol. The second kappa shape index (κ2) is 10.7. The smallest absolute Gasteiger partial charge is 0.271 e. The van der Waals surface area contributed by atoms with Gasteiger partial charge in [0.1, 0.15) is 28.0 Å². The highest BCUT2D eigenvalue weighted by molar-refractivity contribution is 6.34. The van der Waals surface area contributed by atoms with Gasteiger partial charge in [0.05, 0.1) is 6.61 Å². The van der Waals surface area contributed by atoms with Crippen LogP contribution in [0.1, 0.15) is 22.8 Å². The molecule has 8 nitrogen and oxygen atoms in total. The van der Waals surface area contributed by atoms with Gasteiger partial charge in [-0.1, -0.05) is 11.6 Å². The van der Waals surface area contributed by atoms with Gasteiger partial charge in [0.25, 0.3) is 11.5 Å². The topological polar surface area (TPSA) is 108 Å². The van der Waals surface area contributed by atoms with Crippen LogP contribution in [0, 0.1) is 18.6 Å². The summed E-state index contributed by atoms with van der Waals surface area (Å²) in [5.41, 5.74) is 5.02. The second-order valence-electron chi connectivity index (χ2n) is 7.65. The Bertz CT molecular complexity index is 1560. The Kier molecular flexibility index (Phi) is 7.40.